The van der Waals surface area contributed by atoms with Gasteiger partial charge in [0.05, 0.1) is 6.61 Å². The first-order chi connectivity index (χ1) is 7.24. The van der Waals surface area contributed by atoms with Crippen molar-refractivity contribution < 1.29 is 9.53 Å². The number of fused-ring (bicyclic) bond motifs is 1. The third kappa shape index (κ3) is 1.74. The van der Waals surface area contributed by atoms with Crippen LogP contribution in [0.1, 0.15) is 41.5 Å². The largest absolute Gasteiger partial charge is 0.461 e. The van der Waals surface area contributed by atoms with Crippen LogP contribution in [0.2, 0.25) is 0 Å². The molecule has 1 unspecified atom stereocenters. The summed E-state index contributed by atoms with van der Waals surface area (Å²) in [6, 6.07) is 0. The number of nitrogens with zero attached hydrogens (tertiary/aromatic N) is 1. The van der Waals surface area contributed by atoms with Gasteiger partial charge in [-0.1, -0.05) is 6.92 Å². The number of hydrogen-bond acceptors (Lipinski definition) is 4. The number of rotatable bonds is 2. The Morgan fingerprint density at radius 2 is 2.47 bits per heavy atom. The maximum atomic E-state index is 11.6. The monoisotopic (exact) mass is 209 g/mol. The Hall–Kier alpha value is -1.36. The van der Waals surface area contributed by atoms with Crippen molar-refractivity contribution in [3.05, 3.63) is 17.0 Å². The Labute approximate surface area is 88.2 Å². The van der Waals surface area contributed by atoms with E-state index >= 15 is 0 Å². The molecular weight excluding hydrogens is 194 g/mol. The molecule has 2 N–H and O–H groups in total. The molecule has 5 nitrogen and oxygen atoms in total. The van der Waals surface area contributed by atoms with Crippen LogP contribution in [0.5, 0.6) is 0 Å². The second kappa shape index (κ2) is 4.02. The molecule has 0 bridgehead atoms. The maximum absolute atomic E-state index is 11.6. The average Bonchev–Trinajstić information content (AvgIpc) is 2.63. The zero-order valence-electron chi connectivity index (χ0n) is 8.96. The van der Waals surface area contributed by atoms with Gasteiger partial charge in [0.2, 0.25) is 0 Å². The predicted octanol–water partition coefficient (Wildman–Crippen LogP) is 0.793. The number of aromatic nitrogens is 2. The van der Waals surface area contributed by atoms with E-state index in [0.29, 0.717) is 24.8 Å². The van der Waals surface area contributed by atoms with Gasteiger partial charge in [-0.15, -0.1) is 0 Å². The summed E-state index contributed by atoms with van der Waals surface area (Å²) in [5.41, 5.74) is 2.43. The van der Waals surface area contributed by atoms with E-state index in [4.69, 9.17) is 4.74 Å². The van der Waals surface area contributed by atoms with E-state index in [-0.39, 0.29) is 5.97 Å². The number of nitrogens with one attached hydrogen (secondary N) is 2. The summed E-state index contributed by atoms with van der Waals surface area (Å²) in [6.45, 7) is 5.86. The fourth-order valence-electron chi connectivity index (χ4n) is 1.85. The fraction of sp³-hybridized carbons (Fsp3) is 0.600. The molecule has 0 saturated heterocycles. The summed E-state index contributed by atoms with van der Waals surface area (Å²) in [4.78, 5) is 11.6. The zero-order valence-corrected chi connectivity index (χ0v) is 8.96. The van der Waals surface area contributed by atoms with Crippen molar-refractivity contribution in [1.82, 2.24) is 15.5 Å². The summed E-state index contributed by atoms with van der Waals surface area (Å²) < 4.78 is 4.94. The van der Waals surface area contributed by atoms with Crippen molar-refractivity contribution in [3.8, 4) is 0 Å². The summed E-state index contributed by atoms with van der Waals surface area (Å²) in [7, 11) is 0. The van der Waals surface area contributed by atoms with Crippen molar-refractivity contribution in [1.29, 1.82) is 0 Å². The molecule has 0 saturated carbocycles. The third-order valence-corrected chi connectivity index (χ3v) is 2.61. The average molecular weight is 209 g/mol. The molecule has 0 aromatic carbocycles. The van der Waals surface area contributed by atoms with Gasteiger partial charge < -0.3 is 10.1 Å². The molecule has 0 radical (unpaired) electrons. The highest BCUT2D eigenvalue weighted by Crippen LogP contribution is 2.23. The van der Waals surface area contributed by atoms with E-state index in [2.05, 4.69) is 22.4 Å². The lowest BCUT2D eigenvalue weighted by Gasteiger charge is -2.19. The van der Waals surface area contributed by atoms with Crippen molar-refractivity contribution in [2.24, 2.45) is 0 Å². The Balaban J connectivity index is 2.30. The van der Waals surface area contributed by atoms with Crippen molar-refractivity contribution in [3.63, 3.8) is 0 Å². The first-order valence-electron chi connectivity index (χ1n) is 5.19. The van der Waals surface area contributed by atoms with Crippen LogP contribution in [0.4, 0.5) is 0 Å². The highest BCUT2D eigenvalue weighted by Gasteiger charge is 2.25. The Kier molecular flexibility index (Phi) is 2.73. The molecule has 0 aliphatic carbocycles. The summed E-state index contributed by atoms with van der Waals surface area (Å²) >= 11 is 0. The van der Waals surface area contributed by atoms with Crippen molar-refractivity contribution in [2.45, 2.75) is 26.3 Å². The Morgan fingerprint density at radius 1 is 1.67 bits per heavy atom. The number of carbonyl (C=O) groups is 1. The minimum Gasteiger partial charge on any atom is -0.461 e. The van der Waals surface area contributed by atoms with Crippen LogP contribution >= 0.6 is 0 Å². The van der Waals surface area contributed by atoms with E-state index < -0.39 is 0 Å². The second-order valence-corrected chi connectivity index (χ2v) is 3.72. The minimum atomic E-state index is -0.342. The topological polar surface area (TPSA) is 67.0 Å². The quantitative estimate of drug-likeness (QED) is 0.707. The molecule has 1 atom stereocenters. The summed E-state index contributed by atoms with van der Waals surface area (Å²) in [5.74, 6) is 0.0235. The lowest BCUT2D eigenvalue weighted by atomic mass is 9.98. The smallest absolute Gasteiger partial charge is 0.359 e. The molecule has 1 aliphatic heterocycles. The van der Waals surface area contributed by atoms with Crippen LogP contribution in [0.15, 0.2) is 0 Å². The van der Waals surface area contributed by atoms with E-state index in [0.717, 1.165) is 17.8 Å². The normalized spacial score (nSPS) is 19.7. The molecule has 5 heteroatoms. The van der Waals surface area contributed by atoms with Crippen LogP contribution in [-0.2, 0) is 11.3 Å². The van der Waals surface area contributed by atoms with Gasteiger partial charge in [0.15, 0.2) is 5.69 Å². The molecular formula is C10H15N3O2. The Bertz CT molecular complexity index is 373. The van der Waals surface area contributed by atoms with Gasteiger partial charge in [0.1, 0.15) is 0 Å². The molecule has 1 aliphatic rings. The molecule has 0 amide bonds. The number of esters is 1. The van der Waals surface area contributed by atoms with Gasteiger partial charge in [-0.3, -0.25) is 5.10 Å². The first-order valence-corrected chi connectivity index (χ1v) is 5.19. The molecule has 0 fully saturated rings. The molecule has 2 heterocycles. The maximum Gasteiger partial charge on any atom is 0.359 e. The van der Waals surface area contributed by atoms with E-state index in [1.165, 1.54) is 0 Å². The van der Waals surface area contributed by atoms with Gasteiger partial charge in [-0.2, -0.15) is 5.10 Å². The number of carbonyl (C=O) groups excluding carboxylic acids is 1. The van der Waals surface area contributed by atoms with Gasteiger partial charge in [0.25, 0.3) is 0 Å². The van der Waals surface area contributed by atoms with Gasteiger partial charge in [0, 0.05) is 30.3 Å². The highest BCUT2D eigenvalue weighted by atomic mass is 16.5. The lowest BCUT2D eigenvalue weighted by Crippen LogP contribution is -2.27. The van der Waals surface area contributed by atoms with Crippen LogP contribution < -0.4 is 5.32 Å². The standard InChI is InChI=1S/C10H15N3O2/c1-3-15-10(14)9-7-5-11-4-6(2)8(7)12-13-9/h6,11H,3-5H2,1-2H3,(H,12,13). The van der Waals surface area contributed by atoms with Gasteiger partial charge in [-0.25, -0.2) is 4.79 Å². The van der Waals surface area contributed by atoms with Crippen LogP contribution in [0, 0.1) is 0 Å². The summed E-state index contributed by atoms with van der Waals surface area (Å²) in [6.07, 6.45) is 0. The number of H-pyrrole nitrogens is 1. The predicted molar refractivity (Wildman–Crippen MR) is 54.7 cm³/mol. The lowest BCUT2D eigenvalue weighted by molar-refractivity contribution is 0.0518. The fourth-order valence-corrected chi connectivity index (χ4v) is 1.85. The molecule has 15 heavy (non-hydrogen) atoms. The Morgan fingerprint density at radius 3 is 3.20 bits per heavy atom. The van der Waals surface area contributed by atoms with E-state index in [1.807, 2.05) is 0 Å². The molecule has 0 spiro atoms. The van der Waals surface area contributed by atoms with Crippen LogP contribution in [0.3, 0.4) is 0 Å². The molecule has 82 valence electrons. The van der Waals surface area contributed by atoms with Crippen molar-refractivity contribution in [2.75, 3.05) is 13.2 Å². The van der Waals surface area contributed by atoms with Crippen LogP contribution in [0.25, 0.3) is 0 Å². The SMILES string of the molecule is CCOC(=O)c1n[nH]c2c1CNCC2C. The van der Waals surface area contributed by atoms with Gasteiger partial charge >= 0.3 is 5.97 Å². The number of ether oxygens (including phenoxy) is 1. The van der Waals surface area contributed by atoms with E-state index in [1.54, 1.807) is 6.92 Å². The van der Waals surface area contributed by atoms with Crippen molar-refractivity contribution >= 4 is 5.97 Å². The highest BCUT2D eigenvalue weighted by molar-refractivity contribution is 5.89. The number of hydrogen-bond donors (Lipinski definition) is 2. The molecule has 1 aromatic rings. The third-order valence-electron chi connectivity index (χ3n) is 2.61. The minimum absolute atomic E-state index is 0.342. The second-order valence-electron chi connectivity index (χ2n) is 3.72. The van der Waals surface area contributed by atoms with E-state index in [9.17, 15) is 4.79 Å². The molecule has 1 aromatic heterocycles. The molecule has 2 rings (SSSR count). The summed E-state index contributed by atoms with van der Waals surface area (Å²) in [5, 5.41) is 10.2. The van der Waals surface area contributed by atoms with Crippen LogP contribution in [-0.4, -0.2) is 29.3 Å². The first kappa shape index (κ1) is 10.2. The number of aromatic amines is 1. The van der Waals surface area contributed by atoms with Gasteiger partial charge in [-0.05, 0) is 6.92 Å². The zero-order chi connectivity index (χ0) is 10.8.